The number of nitrogens with one attached hydrogen (secondary N) is 2. The predicted octanol–water partition coefficient (Wildman–Crippen LogP) is 4.27. The van der Waals surface area contributed by atoms with Crippen LogP contribution in [0.1, 0.15) is 34.5 Å². The van der Waals surface area contributed by atoms with Crippen LogP contribution in [-0.2, 0) is 15.7 Å². The van der Waals surface area contributed by atoms with Crippen LogP contribution in [0.4, 0.5) is 18.9 Å². The average Bonchev–Trinajstić information content (AvgIpc) is 2.76. The number of allylic oxidation sites excluding steroid dienone is 1. The number of thiocarbonyl (C=S) groups is 1. The average molecular weight is 463 g/mol. The molecule has 1 amide bonds. The highest BCUT2D eigenvalue weighted by atomic mass is 32.1. The highest BCUT2D eigenvalue weighted by molar-refractivity contribution is 7.80. The number of carbonyl (C=O) groups excluding carboxylic acids is 2. The van der Waals surface area contributed by atoms with Crippen LogP contribution in [0.3, 0.4) is 0 Å². The van der Waals surface area contributed by atoms with Gasteiger partial charge in [0.15, 0.2) is 5.11 Å². The third-order valence-electron chi connectivity index (χ3n) is 5.14. The van der Waals surface area contributed by atoms with Crippen LogP contribution in [0.15, 0.2) is 59.8 Å². The van der Waals surface area contributed by atoms with Crippen molar-refractivity contribution >= 4 is 34.9 Å². The molecule has 10 heteroatoms. The van der Waals surface area contributed by atoms with Crippen molar-refractivity contribution in [3.8, 4) is 0 Å². The lowest BCUT2D eigenvalue weighted by atomic mass is 9.95. The fourth-order valence-electron chi connectivity index (χ4n) is 3.23. The number of amides is 1. The number of benzene rings is 2. The van der Waals surface area contributed by atoms with Crippen molar-refractivity contribution in [3.05, 3.63) is 76.5 Å². The number of ether oxygens (including phenoxy) is 1. The lowest BCUT2D eigenvalue weighted by Gasteiger charge is -2.35. The third kappa shape index (κ3) is 4.75. The summed E-state index contributed by atoms with van der Waals surface area (Å²) in [5.41, 5.74) is 1.49. The minimum atomic E-state index is -4.47. The molecular formula is C22H20F3N3O3S. The first-order valence-electron chi connectivity index (χ1n) is 9.44. The van der Waals surface area contributed by atoms with Crippen molar-refractivity contribution < 1.29 is 27.5 Å². The molecule has 0 saturated heterocycles. The number of nitrogens with zero attached hydrogens (tertiary/aromatic N) is 1. The maximum atomic E-state index is 12.7. The van der Waals surface area contributed by atoms with Crippen molar-refractivity contribution in [3.63, 3.8) is 0 Å². The summed E-state index contributed by atoms with van der Waals surface area (Å²) in [5, 5.41) is 6.18. The Hall–Kier alpha value is -3.40. The molecule has 1 aliphatic rings. The first-order chi connectivity index (χ1) is 15.0. The quantitative estimate of drug-likeness (QED) is 0.522. The van der Waals surface area contributed by atoms with Gasteiger partial charge in [-0.3, -0.25) is 4.79 Å². The van der Waals surface area contributed by atoms with Gasteiger partial charge in [-0.1, -0.05) is 12.1 Å². The number of halogens is 3. The smallest absolute Gasteiger partial charge is 0.416 e. The number of carbonyl (C=O) groups is 2. The first-order valence-corrected chi connectivity index (χ1v) is 9.85. The molecule has 1 aliphatic heterocycles. The predicted molar refractivity (Wildman–Crippen MR) is 117 cm³/mol. The molecule has 2 aromatic carbocycles. The summed E-state index contributed by atoms with van der Waals surface area (Å²) in [5.74, 6) is -1.04. The summed E-state index contributed by atoms with van der Waals surface area (Å²) < 4.78 is 43.0. The Labute approximate surface area is 188 Å². The maximum absolute atomic E-state index is 12.7. The van der Waals surface area contributed by atoms with Gasteiger partial charge in [0, 0.05) is 24.0 Å². The number of esters is 1. The Morgan fingerprint density at radius 3 is 2.22 bits per heavy atom. The van der Waals surface area contributed by atoms with Crippen molar-refractivity contribution in [1.29, 1.82) is 0 Å². The second-order valence-corrected chi connectivity index (χ2v) is 7.47. The third-order valence-corrected chi connectivity index (χ3v) is 5.53. The van der Waals surface area contributed by atoms with Gasteiger partial charge >= 0.3 is 12.1 Å². The summed E-state index contributed by atoms with van der Waals surface area (Å²) in [7, 11) is 3.04. The summed E-state index contributed by atoms with van der Waals surface area (Å²) >= 11 is 5.33. The minimum absolute atomic E-state index is 0.0935. The first kappa shape index (κ1) is 23.3. The van der Waals surface area contributed by atoms with Crippen LogP contribution in [0.5, 0.6) is 0 Å². The van der Waals surface area contributed by atoms with E-state index < -0.39 is 29.7 Å². The molecule has 1 atom stereocenters. The molecule has 32 heavy (non-hydrogen) atoms. The highest BCUT2D eigenvalue weighted by Gasteiger charge is 2.33. The van der Waals surface area contributed by atoms with E-state index >= 15 is 0 Å². The van der Waals surface area contributed by atoms with Gasteiger partial charge in [0.2, 0.25) is 0 Å². The van der Waals surface area contributed by atoms with E-state index in [1.54, 1.807) is 43.1 Å². The van der Waals surface area contributed by atoms with Crippen LogP contribution in [-0.4, -0.2) is 36.0 Å². The molecule has 0 aromatic heterocycles. The Morgan fingerprint density at radius 2 is 1.69 bits per heavy atom. The number of methoxy groups -OCH3 is 1. The molecule has 3 rings (SSSR count). The summed E-state index contributed by atoms with van der Waals surface area (Å²) in [4.78, 5) is 26.4. The highest BCUT2D eigenvalue weighted by Crippen LogP contribution is 2.32. The number of alkyl halides is 3. The minimum Gasteiger partial charge on any atom is -0.466 e. The summed E-state index contributed by atoms with van der Waals surface area (Å²) in [6.07, 6.45) is -4.47. The van der Waals surface area contributed by atoms with Crippen LogP contribution in [0.25, 0.3) is 0 Å². The monoisotopic (exact) mass is 463 g/mol. The Bertz CT molecular complexity index is 1080. The van der Waals surface area contributed by atoms with Crippen molar-refractivity contribution in [2.45, 2.75) is 19.1 Å². The molecule has 0 fully saturated rings. The van der Waals surface area contributed by atoms with Crippen molar-refractivity contribution in [2.75, 3.05) is 19.5 Å². The van der Waals surface area contributed by atoms with Crippen LogP contribution >= 0.6 is 12.2 Å². The van der Waals surface area contributed by atoms with E-state index in [0.29, 0.717) is 27.6 Å². The molecule has 6 nitrogen and oxygen atoms in total. The van der Waals surface area contributed by atoms with Gasteiger partial charge in [-0.25, -0.2) is 4.79 Å². The van der Waals surface area contributed by atoms with E-state index in [1.807, 2.05) is 0 Å². The lowest BCUT2D eigenvalue weighted by Crippen LogP contribution is -2.46. The number of hydrogen-bond acceptors (Lipinski definition) is 4. The lowest BCUT2D eigenvalue weighted by molar-refractivity contribution is -0.138. The molecule has 0 spiro atoms. The Balaban J connectivity index is 1.79. The second kappa shape index (κ2) is 8.99. The van der Waals surface area contributed by atoms with Crippen molar-refractivity contribution in [2.24, 2.45) is 0 Å². The zero-order valence-corrected chi connectivity index (χ0v) is 18.2. The largest absolute Gasteiger partial charge is 0.466 e. The summed E-state index contributed by atoms with van der Waals surface area (Å²) in [6.45, 7) is 1.77. The van der Waals surface area contributed by atoms with Gasteiger partial charge in [-0.15, -0.1) is 0 Å². The Kier molecular flexibility index (Phi) is 6.54. The fraction of sp³-hybridized carbons (Fsp3) is 0.227. The molecule has 0 unspecified atom stereocenters. The van der Waals surface area contributed by atoms with Gasteiger partial charge in [0.25, 0.3) is 5.91 Å². The van der Waals surface area contributed by atoms with E-state index in [0.717, 1.165) is 24.3 Å². The number of rotatable bonds is 4. The molecule has 168 valence electrons. The van der Waals surface area contributed by atoms with Gasteiger partial charge < -0.3 is 20.3 Å². The van der Waals surface area contributed by atoms with Gasteiger partial charge in [0.05, 0.1) is 24.3 Å². The molecule has 0 aliphatic carbocycles. The van der Waals surface area contributed by atoms with Crippen LogP contribution < -0.4 is 10.6 Å². The standard InChI is InChI=1S/C22H20F3N3O3S/c1-12-17(20(30)31-3)18(27-21(32)28(12)2)13-6-10-16(11-7-13)26-19(29)14-4-8-15(9-5-14)22(23,24)25/h4-11,18H,1-3H3,(H,26,29)(H,27,32)/t18-/m1/s1. The summed E-state index contributed by atoms with van der Waals surface area (Å²) in [6, 6.07) is 10.1. The molecular weight excluding hydrogens is 443 g/mol. The Morgan fingerprint density at radius 1 is 1.09 bits per heavy atom. The van der Waals surface area contributed by atoms with E-state index in [9.17, 15) is 22.8 Å². The molecule has 1 heterocycles. The van der Waals surface area contributed by atoms with Gasteiger partial charge in [-0.05, 0) is 61.1 Å². The second-order valence-electron chi connectivity index (χ2n) is 7.08. The van der Waals surface area contributed by atoms with E-state index in [1.165, 1.54) is 7.11 Å². The topological polar surface area (TPSA) is 70.7 Å². The van der Waals surface area contributed by atoms with Crippen LogP contribution in [0.2, 0.25) is 0 Å². The zero-order chi connectivity index (χ0) is 23.6. The van der Waals surface area contributed by atoms with Gasteiger partial charge in [-0.2, -0.15) is 13.2 Å². The van der Waals surface area contributed by atoms with E-state index in [-0.39, 0.29) is 5.56 Å². The van der Waals surface area contributed by atoms with E-state index in [2.05, 4.69) is 10.6 Å². The molecule has 0 saturated carbocycles. The number of hydrogen-bond donors (Lipinski definition) is 2. The molecule has 2 aromatic rings. The van der Waals surface area contributed by atoms with Crippen molar-refractivity contribution in [1.82, 2.24) is 10.2 Å². The van der Waals surface area contributed by atoms with E-state index in [4.69, 9.17) is 17.0 Å². The normalized spacial score (nSPS) is 16.5. The fourth-order valence-corrected chi connectivity index (χ4v) is 3.49. The van der Waals surface area contributed by atoms with Crippen LogP contribution in [0, 0.1) is 0 Å². The molecule has 0 bridgehead atoms. The molecule has 2 N–H and O–H groups in total. The number of anilines is 1. The zero-order valence-electron chi connectivity index (χ0n) is 17.4. The molecule has 0 radical (unpaired) electrons. The maximum Gasteiger partial charge on any atom is 0.416 e. The SMILES string of the molecule is COC(=O)C1=C(C)N(C)C(=S)N[C@@H]1c1ccc(NC(=O)c2ccc(C(F)(F)F)cc2)cc1. The van der Waals surface area contributed by atoms with Gasteiger partial charge in [0.1, 0.15) is 0 Å².